The number of rotatable bonds is 4. The van der Waals surface area contributed by atoms with Gasteiger partial charge >= 0.3 is 0 Å². The molecule has 0 aliphatic carbocycles. The van der Waals surface area contributed by atoms with E-state index < -0.39 is 25.4 Å². The Balaban J connectivity index is 2.02. The fraction of sp³-hybridized carbons (Fsp3) is 0.160. The van der Waals surface area contributed by atoms with E-state index in [1.165, 1.54) is 0 Å². The van der Waals surface area contributed by atoms with Crippen LogP contribution in [-0.4, -0.2) is 9.55 Å². The lowest BCUT2D eigenvalue weighted by atomic mass is 9.93. The van der Waals surface area contributed by atoms with Gasteiger partial charge in [0, 0.05) is 31.7 Å². The Morgan fingerprint density at radius 3 is 1.77 bits per heavy atom. The Labute approximate surface area is 181 Å². The number of benzene rings is 3. The quantitative estimate of drug-likeness (QED) is 0.311. The molecule has 3 aromatic carbocycles. The molecule has 0 N–H and O–H groups in total. The lowest BCUT2D eigenvalue weighted by Crippen LogP contribution is -2.28. The van der Waals surface area contributed by atoms with Gasteiger partial charge in [0.2, 0.25) is 0 Å². The Morgan fingerprint density at radius 2 is 1.26 bits per heavy atom. The average molecular weight is 438 g/mol. The van der Waals surface area contributed by atoms with Crippen molar-refractivity contribution in [3.63, 3.8) is 0 Å². The molecule has 31 heavy (non-hydrogen) atoms. The summed E-state index contributed by atoms with van der Waals surface area (Å²) in [5.74, 6) is -3.15. The van der Waals surface area contributed by atoms with E-state index in [1.54, 1.807) is 10.8 Å². The molecule has 0 aliphatic rings. The third kappa shape index (κ3) is 4.28. The molecule has 158 valence electrons. The van der Waals surface area contributed by atoms with Crippen molar-refractivity contribution in [1.29, 1.82) is 0 Å². The molecule has 0 atom stereocenters. The van der Waals surface area contributed by atoms with E-state index in [-0.39, 0.29) is 11.1 Å². The lowest BCUT2D eigenvalue weighted by Gasteiger charge is -2.20. The van der Waals surface area contributed by atoms with Crippen molar-refractivity contribution in [3.05, 3.63) is 102 Å². The molecule has 0 fully saturated rings. The van der Waals surface area contributed by atoms with E-state index in [9.17, 15) is 13.2 Å². The molecule has 0 spiro atoms. The molecule has 0 unspecified atom stereocenters. The van der Waals surface area contributed by atoms with Crippen molar-refractivity contribution in [2.75, 3.05) is 0 Å². The molecule has 6 heteroatoms. The van der Waals surface area contributed by atoms with E-state index in [2.05, 4.69) is 0 Å². The van der Waals surface area contributed by atoms with Crippen LogP contribution in [0.2, 0.25) is 0 Å². The van der Waals surface area contributed by atoms with Crippen molar-refractivity contribution in [2.24, 2.45) is 0 Å². The molecule has 0 radical (unpaired) electrons. The van der Waals surface area contributed by atoms with Gasteiger partial charge < -0.3 is 0 Å². The van der Waals surface area contributed by atoms with Crippen LogP contribution in [0, 0.1) is 17.5 Å². The summed E-state index contributed by atoms with van der Waals surface area (Å²) in [5, 5.41) is 2.05. The van der Waals surface area contributed by atoms with Crippen LogP contribution in [0.3, 0.4) is 0 Å². The summed E-state index contributed by atoms with van der Waals surface area (Å²) in [6.45, 7) is 6.04. The maximum absolute atomic E-state index is 14.8. The Morgan fingerprint density at radius 1 is 0.742 bits per heavy atom. The van der Waals surface area contributed by atoms with Crippen LogP contribution in [0.5, 0.6) is 0 Å². The largest absolute Gasteiger partial charge is 0.296 e. The first-order valence-corrected chi connectivity index (χ1v) is 11.2. The van der Waals surface area contributed by atoms with Crippen molar-refractivity contribution in [2.45, 2.75) is 26.2 Å². The first kappa shape index (κ1) is 21.3. The van der Waals surface area contributed by atoms with Gasteiger partial charge in [-0.1, -0.05) is 81.4 Å². The summed E-state index contributed by atoms with van der Waals surface area (Å²) in [6.07, 6.45) is 1.73. The molecule has 0 aliphatic heterocycles. The van der Waals surface area contributed by atoms with Crippen LogP contribution in [0.4, 0.5) is 13.2 Å². The monoisotopic (exact) mass is 438 g/mol. The van der Waals surface area contributed by atoms with Gasteiger partial charge in [-0.05, 0) is 10.6 Å². The predicted molar refractivity (Wildman–Crippen MR) is 121 cm³/mol. The van der Waals surface area contributed by atoms with Gasteiger partial charge in [-0.3, -0.25) is 4.57 Å². The van der Waals surface area contributed by atoms with Crippen LogP contribution < -0.4 is 16.2 Å². The third-order valence-corrected chi connectivity index (χ3v) is 7.28. The summed E-state index contributed by atoms with van der Waals surface area (Å²) in [5.41, 5.74) is 0.966. The van der Waals surface area contributed by atoms with Crippen molar-refractivity contribution < 1.29 is 13.2 Å². The van der Waals surface area contributed by atoms with E-state index in [0.29, 0.717) is 11.6 Å². The highest BCUT2D eigenvalue weighted by atomic mass is 31.1. The average Bonchev–Trinajstić information content (AvgIpc) is 3.18. The molecule has 2 nitrogen and oxygen atoms in total. The molecular formula is C25H22F3N2P. The SMILES string of the molecule is CC(C)(C)c1cn(-c2cc(F)c(F)cc2F)c(P(c2ccccc2)c2ccccc2)n1. The maximum atomic E-state index is 14.8. The van der Waals surface area contributed by atoms with Gasteiger partial charge in [0.25, 0.3) is 0 Å². The molecule has 0 amide bonds. The molecule has 1 aromatic heterocycles. The normalized spacial score (nSPS) is 11.8. The van der Waals surface area contributed by atoms with Gasteiger partial charge in [-0.15, -0.1) is 0 Å². The van der Waals surface area contributed by atoms with Crippen molar-refractivity contribution in [3.8, 4) is 5.69 Å². The second kappa shape index (κ2) is 8.32. The highest BCUT2D eigenvalue weighted by Gasteiger charge is 2.28. The minimum absolute atomic E-state index is 0.0590. The number of hydrogen-bond acceptors (Lipinski definition) is 1. The van der Waals surface area contributed by atoms with Crippen LogP contribution in [0.1, 0.15) is 26.5 Å². The number of halogens is 3. The molecule has 0 saturated heterocycles. The fourth-order valence-corrected chi connectivity index (χ4v) is 5.59. The topological polar surface area (TPSA) is 17.8 Å². The number of hydrogen-bond donors (Lipinski definition) is 0. The van der Waals surface area contributed by atoms with Gasteiger partial charge in [0.15, 0.2) is 11.6 Å². The standard InChI is InChI=1S/C25H22F3N2P/c1-25(2,3)23-16-30(22-15-20(27)19(26)14-21(22)28)24(29-23)31(17-10-6-4-7-11-17)18-12-8-5-9-13-18/h4-16H,1-3H3. The smallest absolute Gasteiger partial charge is 0.161 e. The Kier molecular flexibility index (Phi) is 5.72. The number of nitrogens with zero attached hydrogens (tertiary/aromatic N) is 2. The summed E-state index contributed by atoms with van der Waals surface area (Å²) in [4.78, 5) is 4.91. The molecular weight excluding hydrogens is 416 g/mol. The second-order valence-corrected chi connectivity index (χ2v) is 10.4. The summed E-state index contributed by atoms with van der Waals surface area (Å²) in [6, 6.07) is 21.2. The van der Waals surface area contributed by atoms with Crippen LogP contribution in [0.15, 0.2) is 79.0 Å². The van der Waals surface area contributed by atoms with Crippen molar-refractivity contribution >= 4 is 24.1 Å². The van der Waals surface area contributed by atoms with Crippen LogP contribution in [-0.2, 0) is 5.41 Å². The van der Waals surface area contributed by atoms with E-state index >= 15 is 0 Å². The zero-order valence-corrected chi connectivity index (χ0v) is 18.4. The highest BCUT2D eigenvalue weighted by Crippen LogP contribution is 2.35. The molecule has 0 bridgehead atoms. The third-order valence-electron chi connectivity index (χ3n) is 4.93. The zero-order chi connectivity index (χ0) is 22.2. The van der Waals surface area contributed by atoms with Gasteiger partial charge in [-0.2, -0.15) is 0 Å². The molecule has 1 heterocycles. The maximum Gasteiger partial charge on any atom is 0.161 e. The van der Waals surface area contributed by atoms with Gasteiger partial charge in [0.05, 0.1) is 11.4 Å². The van der Waals surface area contributed by atoms with E-state index in [4.69, 9.17) is 4.98 Å². The minimum Gasteiger partial charge on any atom is -0.296 e. The summed E-state index contributed by atoms with van der Waals surface area (Å²) < 4.78 is 44.1. The molecule has 0 saturated carbocycles. The van der Waals surface area contributed by atoms with Crippen LogP contribution in [0.25, 0.3) is 5.69 Å². The Bertz CT molecular complexity index is 1160. The predicted octanol–water partition coefficient (Wildman–Crippen LogP) is 5.35. The molecule has 4 aromatic rings. The van der Waals surface area contributed by atoms with Crippen LogP contribution >= 0.6 is 7.92 Å². The first-order chi connectivity index (χ1) is 14.8. The fourth-order valence-electron chi connectivity index (χ4n) is 3.30. The zero-order valence-electron chi connectivity index (χ0n) is 17.5. The van der Waals surface area contributed by atoms with Gasteiger partial charge in [-0.25, -0.2) is 18.2 Å². The molecule has 4 rings (SSSR count). The highest BCUT2D eigenvalue weighted by molar-refractivity contribution is 7.79. The van der Waals surface area contributed by atoms with E-state index in [1.807, 2.05) is 81.4 Å². The minimum atomic E-state index is -1.22. The lowest BCUT2D eigenvalue weighted by molar-refractivity contribution is 0.493. The first-order valence-electron chi connectivity index (χ1n) is 9.91. The Hall–Kier alpha value is -2.91. The van der Waals surface area contributed by atoms with Crippen molar-refractivity contribution in [1.82, 2.24) is 9.55 Å². The number of imidazole rings is 1. The summed E-state index contributed by atoms with van der Waals surface area (Å²) in [7, 11) is -1.18. The van der Waals surface area contributed by atoms with Gasteiger partial charge in [0.1, 0.15) is 11.4 Å². The number of aromatic nitrogens is 2. The second-order valence-electron chi connectivity index (χ2n) is 8.27. The summed E-state index contributed by atoms with van der Waals surface area (Å²) >= 11 is 0. The van der Waals surface area contributed by atoms with E-state index in [0.717, 1.165) is 22.4 Å².